The number of hydrogen-bond donors (Lipinski definition) is 2. The van der Waals surface area contributed by atoms with Crippen LogP contribution in [0.1, 0.15) is 111 Å². The molecule has 3 fully saturated rings. The van der Waals surface area contributed by atoms with Gasteiger partial charge in [0.2, 0.25) is 0 Å². The lowest BCUT2D eigenvalue weighted by molar-refractivity contribution is -0.0221. The molecule has 0 radical (unpaired) electrons. The summed E-state index contributed by atoms with van der Waals surface area (Å²) in [7, 11) is -4.06. The molecule has 3 heterocycles. The van der Waals surface area contributed by atoms with Gasteiger partial charge in [-0.3, -0.25) is 4.79 Å². The molecule has 0 atom stereocenters. The number of anilines is 2. The number of pyridine rings is 2. The number of nitrogens with zero attached hydrogens (tertiary/aromatic N) is 3. The minimum Gasteiger partial charge on any atom is -0.355 e. The lowest BCUT2D eigenvalue weighted by Crippen LogP contribution is -2.41. The van der Waals surface area contributed by atoms with Gasteiger partial charge in [0, 0.05) is 55.5 Å². The standard InChI is InChI=1S/C28H37F2N5O3S/c29-28(30)12-15-35(16-13-28)26-23(27(36)33-21-11-14-32-24(17-21)39(31,37)38)18-22(19-7-3-1-4-8-19)25(34-26)20-9-5-2-6-10-20/h11,14,17-20H,1-10,12-13,15-16H2,(H2,31,37,38)(H,32,33,36). The summed E-state index contributed by atoms with van der Waals surface area (Å²) in [5.74, 6) is -2.15. The number of alkyl halides is 2. The molecule has 2 saturated carbocycles. The summed E-state index contributed by atoms with van der Waals surface area (Å²) in [6, 6.07) is 4.64. The van der Waals surface area contributed by atoms with Gasteiger partial charge in [0.15, 0.2) is 5.03 Å². The van der Waals surface area contributed by atoms with Crippen LogP contribution in [0.25, 0.3) is 0 Å². The van der Waals surface area contributed by atoms with Gasteiger partial charge in [-0.25, -0.2) is 32.3 Å². The van der Waals surface area contributed by atoms with Crippen molar-refractivity contribution in [2.75, 3.05) is 23.3 Å². The molecule has 2 aromatic rings. The highest BCUT2D eigenvalue weighted by Crippen LogP contribution is 2.43. The second-order valence-electron chi connectivity index (χ2n) is 11.2. The number of hydrogen-bond acceptors (Lipinski definition) is 6. The van der Waals surface area contributed by atoms with Crippen LogP contribution in [-0.2, 0) is 10.0 Å². The van der Waals surface area contributed by atoms with Gasteiger partial charge in [-0.05, 0) is 49.3 Å². The summed E-state index contributed by atoms with van der Waals surface area (Å²) in [5.41, 5.74) is 2.70. The normalized spacial score (nSPS) is 21.1. The van der Waals surface area contributed by atoms with Crippen molar-refractivity contribution in [2.45, 2.75) is 99.8 Å². The van der Waals surface area contributed by atoms with Crippen LogP contribution in [0.3, 0.4) is 0 Å². The number of rotatable bonds is 6. The average molecular weight is 562 g/mol. The van der Waals surface area contributed by atoms with Crippen molar-refractivity contribution in [1.29, 1.82) is 0 Å². The fraction of sp³-hybridized carbons (Fsp3) is 0.607. The Kier molecular flexibility index (Phi) is 8.19. The van der Waals surface area contributed by atoms with Gasteiger partial charge in [-0.1, -0.05) is 38.5 Å². The van der Waals surface area contributed by atoms with Crippen molar-refractivity contribution in [3.05, 3.63) is 41.2 Å². The summed E-state index contributed by atoms with van der Waals surface area (Å²) in [6.45, 7) is 0.218. The molecule has 11 heteroatoms. The van der Waals surface area contributed by atoms with E-state index in [2.05, 4.69) is 10.3 Å². The third-order valence-corrected chi connectivity index (χ3v) is 9.23. The van der Waals surface area contributed by atoms with Gasteiger partial charge >= 0.3 is 0 Å². The van der Waals surface area contributed by atoms with E-state index in [-0.39, 0.29) is 36.6 Å². The predicted octanol–water partition coefficient (Wildman–Crippen LogP) is 5.71. The Morgan fingerprint density at radius 2 is 1.59 bits per heavy atom. The maximum Gasteiger partial charge on any atom is 0.259 e. The molecule has 39 heavy (non-hydrogen) atoms. The van der Waals surface area contributed by atoms with Gasteiger partial charge in [0.25, 0.3) is 21.9 Å². The Morgan fingerprint density at radius 1 is 0.974 bits per heavy atom. The molecule has 1 aliphatic heterocycles. The topological polar surface area (TPSA) is 118 Å². The molecule has 1 saturated heterocycles. The molecule has 8 nitrogen and oxygen atoms in total. The number of aromatic nitrogens is 2. The molecule has 2 aliphatic carbocycles. The van der Waals surface area contributed by atoms with Crippen LogP contribution in [0, 0.1) is 0 Å². The number of nitrogens with two attached hydrogens (primary N) is 1. The Hall–Kier alpha value is -2.66. The Morgan fingerprint density at radius 3 is 2.21 bits per heavy atom. The van der Waals surface area contributed by atoms with Gasteiger partial charge in [0.05, 0.1) is 5.56 Å². The SMILES string of the molecule is NS(=O)(=O)c1cc(NC(=O)c2cc(C3CCCCC3)c(C3CCCCC3)nc2N2CCC(F)(F)CC2)ccn1. The van der Waals surface area contributed by atoms with E-state index in [1.165, 1.54) is 31.2 Å². The minimum absolute atomic E-state index is 0.109. The number of nitrogens with one attached hydrogen (secondary N) is 1. The van der Waals surface area contributed by atoms with E-state index < -0.39 is 21.9 Å². The Balaban J connectivity index is 1.57. The number of carbonyl (C=O) groups is 1. The third-order valence-electron chi connectivity index (χ3n) is 8.42. The van der Waals surface area contributed by atoms with Crippen LogP contribution in [0.5, 0.6) is 0 Å². The van der Waals surface area contributed by atoms with Crippen molar-refractivity contribution in [3.8, 4) is 0 Å². The second-order valence-corrected chi connectivity index (χ2v) is 12.7. The van der Waals surface area contributed by atoms with E-state index in [0.29, 0.717) is 23.2 Å². The Labute approximate surface area is 228 Å². The molecule has 0 spiro atoms. The Bertz CT molecular complexity index is 1300. The highest BCUT2D eigenvalue weighted by Gasteiger charge is 2.37. The number of halogens is 2. The van der Waals surface area contributed by atoms with Crippen molar-refractivity contribution in [3.63, 3.8) is 0 Å². The lowest BCUT2D eigenvalue weighted by atomic mass is 9.77. The van der Waals surface area contributed by atoms with Gasteiger partial charge in [-0.2, -0.15) is 0 Å². The van der Waals surface area contributed by atoms with E-state index in [1.54, 1.807) is 0 Å². The first-order valence-electron chi connectivity index (χ1n) is 14.1. The van der Waals surface area contributed by atoms with Crippen LogP contribution in [0.2, 0.25) is 0 Å². The molecule has 1 amide bonds. The molecule has 3 aliphatic rings. The highest BCUT2D eigenvalue weighted by molar-refractivity contribution is 7.89. The molecule has 0 bridgehead atoms. The first-order valence-corrected chi connectivity index (χ1v) is 15.6. The summed E-state index contributed by atoms with van der Waals surface area (Å²) < 4.78 is 51.7. The van der Waals surface area contributed by atoms with Gasteiger partial charge in [0.1, 0.15) is 5.82 Å². The zero-order valence-corrected chi connectivity index (χ0v) is 23.0. The van der Waals surface area contributed by atoms with Crippen molar-refractivity contribution < 1.29 is 22.0 Å². The number of sulfonamides is 1. The predicted molar refractivity (Wildman–Crippen MR) is 146 cm³/mol. The molecule has 0 unspecified atom stereocenters. The maximum atomic E-state index is 14.1. The van der Waals surface area contributed by atoms with E-state index in [0.717, 1.165) is 62.6 Å². The smallest absolute Gasteiger partial charge is 0.259 e. The highest BCUT2D eigenvalue weighted by atomic mass is 32.2. The summed E-state index contributed by atoms with van der Waals surface area (Å²) >= 11 is 0. The molecular formula is C28H37F2N5O3S. The van der Waals surface area contributed by atoms with E-state index in [1.807, 2.05) is 11.0 Å². The quantitative estimate of drug-likeness (QED) is 0.467. The summed E-state index contributed by atoms with van der Waals surface area (Å²) in [5, 5.41) is 7.65. The number of primary sulfonamides is 1. The fourth-order valence-electron chi connectivity index (χ4n) is 6.27. The van der Waals surface area contributed by atoms with Crippen LogP contribution < -0.4 is 15.4 Å². The van der Waals surface area contributed by atoms with Gasteiger partial charge in [-0.15, -0.1) is 0 Å². The monoisotopic (exact) mass is 561 g/mol. The number of carbonyl (C=O) groups excluding carboxylic acids is 1. The molecule has 5 rings (SSSR count). The summed E-state index contributed by atoms with van der Waals surface area (Å²) in [6.07, 6.45) is 11.8. The lowest BCUT2D eigenvalue weighted by Gasteiger charge is -2.35. The summed E-state index contributed by atoms with van der Waals surface area (Å²) in [4.78, 5) is 24.5. The minimum atomic E-state index is -4.06. The zero-order valence-electron chi connectivity index (χ0n) is 22.2. The van der Waals surface area contributed by atoms with Gasteiger partial charge < -0.3 is 10.2 Å². The van der Waals surface area contributed by atoms with Crippen LogP contribution in [0.4, 0.5) is 20.3 Å². The van der Waals surface area contributed by atoms with E-state index in [9.17, 15) is 22.0 Å². The largest absolute Gasteiger partial charge is 0.355 e. The van der Waals surface area contributed by atoms with E-state index in [4.69, 9.17) is 10.1 Å². The maximum absolute atomic E-state index is 14.1. The number of amides is 1. The van der Waals surface area contributed by atoms with Crippen LogP contribution in [0.15, 0.2) is 29.4 Å². The first kappa shape index (κ1) is 27.9. The van der Waals surface area contributed by atoms with Crippen molar-refractivity contribution in [2.24, 2.45) is 5.14 Å². The molecular weight excluding hydrogens is 524 g/mol. The fourth-order valence-corrected chi connectivity index (χ4v) is 6.77. The van der Waals surface area contributed by atoms with Crippen LogP contribution >= 0.6 is 0 Å². The van der Waals surface area contributed by atoms with Crippen LogP contribution in [-0.4, -0.2) is 43.3 Å². The molecule has 0 aromatic carbocycles. The third kappa shape index (κ3) is 6.57. The molecule has 212 valence electrons. The zero-order chi connectivity index (χ0) is 27.6. The van der Waals surface area contributed by atoms with Crippen molar-refractivity contribution >= 4 is 27.4 Å². The van der Waals surface area contributed by atoms with E-state index >= 15 is 0 Å². The molecule has 3 N–H and O–H groups in total. The van der Waals surface area contributed by atoms with Crippen molar-refractivity contribution in [1.82, 2.24) is 9.97 Å². The molecule has 2 aromatic heterocycles. The number of piperidine rings is 1. The second kappa shape index (κ2) is 11.4. The average Bonchev–Trinajstić information content (AvgIpc) is 2.93. The first-order chi connectivity index (χ1) is 18.6.